The van der Waals surface area contributed by atoms with Gasteiger partial charge in [-0.25, -0.2) is 4.39 Å². The van der Waals surface area contributed by atoms with E-state index in [0.29, 0.717) is 37.9 Å². The first-order valence-corrected chi connectivity index (χ1v) is 10.1. The lowest BCUT2D eigenvalue weighted by atomic mass is 9.95. The van der Waals surface area contributed by atoms with Gasteiger partial charge in [0.15, 0.2) is 0 Å². The number of likely N-dealkylation sites (tertiary alicyclic amines) is 1. The predicted octanol–water partition coefficient (Wildman–Crippen LogP) is 2.77. The number of hydrogen-bond acceptors (Lipinski definition) is 3. The van der Waals surface area contributed by atoms with Crippen LogP contribution < -0.4 is 5.32 Å². The van der Waals surface area contributed by atoms with Crippen molar-refractivity contribution in [3.8, 4) is 0 Å². The van der Waals surface area contributed by atoms with Gasteiger partial charge in [-0.05, 0) is 37.3 Å². The van der Waals surface area contributed by atoms with Gasteiger partial charge in [0, 0.05) is 32.0 Å². The van der Waals surface area contributed by atoms with Crippen LogP contribution in [0.4, 0.5) is 4.39 Å². The van der Waals surface area contributed by atoms with Crippen LogP contribution in [-0.4, -0.2) is 52.5 Å². The second-order valence-electron chi connectivity index (χ2n) is 8.57. The first kappa shape index (κ1) is 18.4. The molecule has 1 saturated carbocycles. The highest BCUT2D eigenvalue weighted by Crippen LogP contribution is 2.42. The van der Waals surface area contributed by atoms with Crippen molar-refractivity contribution in [2.45, 2.75) is 63.7 Å². The normalized spacial score (nSPS) is 24.9. The van der Waals surface area contributed by atoms with E-state index in [0.717, 1.165) is 19.3 Å². The van der Waals surface area contributed by atoms with E-state index in [1.165, 1.54) is 12.1 Å². The lowest BCUT2D eigenvalue weighted by Crippen LogP contribution is -2.60. The van der Waals surface area contributed by atoms with E-state index in [1.807, 2.05) is 0 Å². The van der Waals surface area contributed by atoms with E-state index in [9.17, 15) is 14.0 Å². The molecule has 1 aromatic carbocycles. The van der Waals surface area contributed by atoms with Crippen LogP contribution in [0.2, 0.25) is 0 Å². The summed E-state index contributed by atoms with van der Waals surface area (Å²) in [5.41, 5.74) is -0.218. The third-order valence-corrected chi connectivity index (χ3v) is 6.04. The molecule has 0 bridgehead atoms. The van der Waals surface area contributed by atoms with E-state index in [1.54, 1.807) is 17.0 Å². The number of rotatable bonds is 4. The Balaban J connectivity index is 1.49. The maximum Gasteiger partial charge on any atom is 0.256 e. The van der Waals surface area contributed by atoms with Gasteiger partial charge in [-0.1, -0.05) is 26.0 Å². The lowest BCUT2D eigenvalue weighted by molar-refractivity contribution is -0.134. The Morgan fingerprint density at radius 1 is 1.26 bits per heavy atom. The number of hydrogen-bond donors (Lipinski definition) is 1. The van der Waals surface area contributed by atoms with Crippen molar-refractivity contribution in [3.63, 3.8) is 0 Å². The van der Waals surface area contributed by atoms with Crippen LogP contribution in [0.5, 0.6) is 0 Å². The Kier molecular flexibility index (Phi) is 4.70. The van der Waals surface area contributed by atoms with Gasteiger partial charge in [-0.2, -0.15) is 0 Å². The van der Waals surface area contributed by atoms with Gasteiger partial charge < -0.3 is 9.80 Å². The van der Waals surface area contributed by atoms with E-state index >= 15 is 0 Å². The van der Waals surface area contributed by atoms with Gasteiger partial charge in [0.05, 0.1) is 17.3 Å². The number of benzene rings is 1. The lowest BCUT2D eigenvalue weighted by Gasteiger charge is -2.45. The number of carbonyl (C=O) groups excluding carboxylic acids is 2. The molecule has 146 valence electrons. The van der Waals surface area contributed by atoms with Crippen LogP contribution in [0.15, 0.2) is 24.3 Å². The SMILES string of the molecule is CC(C)CC1NC2(CCN(C(=O)c3ccccc3F)CC2)N(C2CC2)C1=O. The van der Waals surface area contributed by atoms with Crippen molar-refractivity contribution >= 4 is 11.8 Å². The molecule has 1 N–H and O–H groups in total. The van der Waals surface area contributed by atoms with E-state index in [2.05, 4.69) is 24.1 Å². The first-order valence-electron chi connectivity index (χ1n) is 10.1. The molecule has 0 radical (unpaired) electrons. The Morgan fingerprint density at radius 2 is 1.93 bits per heavy atom. The maximum absolute atomic E-state index is 14.0. The van der Waals surface area contributed by atoms with E-state index < -0.39 is 5.82 Å². The average Bonchev–Trinajstić information content (AvgIpc) is 3.42. The molecule has 2 aliphatic heterocycles. The zero-order valence-corrected chi connectivity index (χ0v) is 16.1. The van der Waals surface area contributed by atoms with Gasteiger partial charge in [0.2, 0.25) is 5.91 Å². The largest absolute Gasteiger partial charge is 0.338 e. The van der Waals surface area contributed by atoms with Crippen LogP contribution in [0.1, 0.15) is 56.3 Å². The molecule has 2 heterocycles. The first-order chi connectivity index (χ1) is 12.9. The Labute approximate surface area is 159 Å². The number of piperidine rings is 1. The summed E-state index contributed by atoms with van der Waals surface area (Å²) < 4.78 is 14.0. The highest BCUT2D eigenvalue weighted by molar-refractivity contribution is 5.94. The summed E-state index contributed by atoms with van der Waals surface area (Å²) in [5, 5.41) is 3.63. The molecule has 2 saturated heterocycles. The van der Waals surface area contributed by atoms with E-state index in [4.69, 9.17) is 0 Å². The van der Waals surface area contributed by atoms with Crippen molar-refractivity contribution in [2.24, 2.45) is 5.92 Å². The summed E-state index contributed by atoms with van der Waals surface area (Å²) in [6.45, 7) is 5.34. The van der Waals surface area contributed by atoms with Gasteiger partial charge in [0.25, 0.3) is 5.91 Å². The zero-order chi connectivity index (χ0) is 19.2. The molecule has 1 unspecified atom stereocenters. The highest BCUT2D eigenvalue weighted by Gasteiger charge is 2.56. The minimum atomic E-state index is -0.478. The summed E-state index contributed by atoms with van der Waals surface area (Å²) in [4.78, 5) is 29.5. The molecular weight excluding hydrogens is 345 g/mol. The van der Waals surface area contributed by atoms with Crippen molar-refractivity contribution in [1.82, 2.24) is 15.1 Å². The number of halogens is 1. The molecule has 1 aliphatic carbocycles. The van der Waals surface area contributed by atoms with Crippen LogP contribution in [0.25, 0.3) is 0 Å². The minimum absolute atomic E-state index is 0.126. The molecule has 5 nitrogen and oxygen atoms in total. The molecule has 0 aromatic heterocycles. The van der Waals surface area contributed by atoms with Gasteiger partial charge in [0.1, 0.15) is 5.82 Å². The summed E-state index contributed by atoms with van der Waals surface area (Å²) in [5.74, 6) is -0.0667. The summed E-state index contributed by atoms with van der Waals surface area (Å²) in [7, 11) is 0. The molecule has 27 heavy (non-hydrogen) atoms. The smallest absolute Gasteiger partial charge is 0.256 e. The van der Waals surface area contributed by atoms with Gasteiger partial charge in [-0.15, -0.1) is 0 Å². The summed E-state index contributed by atoms with van der Waals surface area (Å²) in [6.07, 6.45) is 4.37. The predicted molar refractivity (Wildman–Crippen MR) is 101 cm³/mol. The van der Waals surface area contributed by atoms with Gasteiger partial charge >= 0.3 is 0 Å². The third-order valence-electron chi connectivity index (χ3n) is 6.04. The highest BCUT2D eigenvalue weighted by atomic mass is 19.1. The topological polar surface area (TPSA) is 52.7 Å². The Hall–Kier alpha value is -1.95. The third kappa shape index (κ3) is 3.35. The molecule has 4 rings (SSSR count). The number of carbonyl (C=O) groups is 2. The van der Waals surface area contributed by atoms with Crippen molar-refractivity contribution < 1.29 is 14.0 Å². The molecule has 1 aromatic rings. The zero-order valence-electron chi connectivity index (χ0n) is 16.1. The number of nitrogens with zero attached hydrogens (tertiary/aromatic N) is 2. The molecule has 3 fully saturated rings. The minimum Gasteiger partial charge on any atom is -0.338 e. The standard InChI is InChI=1S/C21H28FN3O2/c1-14(2)13-18-20(27)25(15-7-8-15)21(23-18)9-11-24(12-10-21)19(26)16-5-3-4-6-17(16)22/h3-6,14-15,18,23H,7-13H2,1-2H3. The molecule has 6 heteroatoms. The van der Waals surface area contributed by atoms with Crippen molar-refractivity contribution in [1.29, 1.82) is 0 Å². The Morgan fingerprint density at radius 3 is 2.52 bits per heavy atom. The van der Waals surface area contributed by atoms with Crippen molar-refractivity contribution in [2.75, 3.05) is 13.1 Å². The van der Waals surface area contributed by atoms with Crippen LogP contribution in [0.3, 0.4) is 0 Å². The second-order valence-corrected chi connectivity index (χ2v) is 8.57. The van der Waals surface area contributed by atoms with Crippen LogP contribution in [-0.2, 0) is 4.79 Å². The fraction of sp³-hybridized carbons (Fsp3) is 0.619. The molecule has 1 spiro atoms. The summed E-state index contributed by atoms with van der Waals surface area (Å²) in [6, 6.07) is 6.35. The monoisotopic (exact) mass is 373 g/mol. The van der Waals surface area contributed by atoms with Crippen LogP contribution >= 0.6 is 0 Å². The van der Waals surface area contributed by atoms with Crippen LogP contribution in [0, 0.1) is 11.7 Å². The second kappa shape index (κ2) is 6.89. The quantitative estimate of drug-likeness (QED) is 0.883. The number of amides is 2. The maximum atomic E-state index is 14.0. The van der Waals surface area contributed by atoms with Crippen molar-refractivity contribution in [3.05, 3.63) is 35.6 Å². The summed E-state index contributed by atoms with van der Waals surface area (Å²) >= 11 is 0. The fourth-order valence-electron chi connectivity index (χ4n) is 4.60. The van der Waals surface area contributed by atoms with E-state index in [-0.39, 0.29) is 29.1 Å². The molecule has 2 amide bonds. The molecule has 1 atom stereocenters. The average molecular weight is 373 g/mol. The Bertz CT molecular complexity index is 739. The number of nitrogens with one attached hydrogen (secondary N) is 1. The molecular formula is C21H28FN3O2. The fourth-order valence-corrected chi connectivity index (χ4v) is 4.60. The molecule has 3 aliphatic rings. The van der Waals surface area contributed by atoms with Gasteiger partial charge in [-0.3, -0.25) is 14.9 Å².